The van der Waals surface area contributed by atoms with Crippen LogP contribution in [-0.4, -0.2) is 19.2 Å². The Balaban J connectivity index is 2.17. The minimum atomic E-state index is -0.482. The van der Waals surface area contributed by atoms with Crippen LogP contribution in [-0.2, 0) is 0 Å². The molecule has 0 saturated heterocycles. The Morgan fingerprint density at radius 3 is 2.42 bits per heavy atom. The maximum absolute atomic E-state index is 14.1. The lowest BCUT2D eigenvalue weighted by molar-refractivity contribution is 0.356. The van der Waals surface area contributed by atoms with E-state index in [0.29, 0.717) is 38.1 Å². The van der Waals surface area contributed by atoms with Gasteiger partial charge in [-0.3, -0.25) is 4.98 Å². The molecule has 0 atom stereocenters. The number of hydrogen-bond donors (Lipinski definition) is 1. The molecule has 4 nitrogen and oxygen atoms in total. The molecule has 0 bridgehead atoms. The summed E-state index contributed by atoms with van der Waals surface area (Å²) in [4.78, 5) is 4.28. The summed E-state index contributed by atoms with van der Waals surface area (Å²) in [7, 11) is 3.08. The number of nitrogens with zero attached hydrogens (tertiary/aromatic N) is 1. The van der Waals surface area contributed by atoms with Gasteiger partial charge in [0.2, 0.25) is 0 Å². The van der Waals surface area contributed by atoms with Gasteiger partial charge in [0.1, 0.15) is 5.82 Å². The Kier molecular flexibility index (Phi) is 4.64. The molecule has 0 aliphatic rings. The van der Waals surface area contributed by atoms with Gasteiger partial charge in [-0.2, -0.15) is 0 Å². The smallest absolute Gasteiger partial charge is 0.162 e. The molecule has 1 aromatic heterocycles. The van der Waals surface area contributed by atoms with E-state index < -0.39 is 5.82 Å². The van der Waals surface area contributed by atoms with Crippen LogP contribution in [0.2, 0.25) is 10.0 Å². The molecule has 1 N–H and O–H groups in total. The monoisotopic (exact) mass is 366 g/mol. The van der Waals surface area contributed by atoms with Gasteiger partial charge < -0.3 is 14.8 Å². The average Bonchev–Trinajstić information content (AvgIpc) is 2.58. The van der Waals surface area contributed by atoms with Crippen LogP contribution >= 0.6 is 23.2 Å². The summed E-state index contributed by atoms with van der Waals surface area (Å²) in [6.07, 6.45) is 1.49. The van der Waals surface area contributed by atoms with Crippen LogP contribution in [0.4, 0.5) is 15.8 Å². The highest BCUT2D eigenvalue weighted by molar-refractivity contribution is 6.35. The van der Waals surface area contributed by atoms with Crippen LogP contribution in [0.5, 0.6) is 11.5 Å². The summed E-state index contributed by atoms with van der Waals surface area (Å²) in [5.41, 5.74) is 1.40. The molecule has 0 aliphatic carbocycles. The molecule has 24 heavy (non-hydrogen) atoms. The number of pyridine rings is 1. The number of methoxy groups -OCH3 is 2. The Hall–Kier alpha value is -2.24. The molecule has 0 fully saturated rings. The number of rotatable bonds is 4. The average molecular weight is 367 g/mol. The predicted molar refractivity (Wildman–Crippen MR) is 94.5 cm³/mol. The van der Waals surface area contributed by atoms with Crippen LogP contribution in [0.25, 0.3) is 10.9 Å². The van der Waals surface area contributed by atoms with Gasteiger partial charge in [0.25, 0.3) is 0 Å². The Morgan fingerprint density at radius 1 is 1.04 bits per heavy atom. The first kappa shape index (κ1) is 16.6. The number of aromatic nitrogens is 1. The molecule has 0 amide bonds. The summed E-state index contributed by atoms with van der Waals surface area (Å²) in [5, 5.41) is 4.34. The van der Waals surface area contributed by atoms with Crippen molar-refractivity contribution >= 4 is 45.5 Å². The van der Waals surface area contributed by atoms with Gasteiger partial charge in [-0.1, -0.05) is 23.2 Å². The minimum absolute atomic E-state index is 0.253. The molecule has 0 aliphatic heterocycles. The van der Waals surface area contributed by atoms with Crippen LogP contribution < -0.4 is 14.8 Å². The zero-order chi connectivity index (χ0) is 17.3. The number of halogens is 3. The molecule has 0 radical (unpaired) electrons. The molecule has 7 heteroatoms. The first-order valence-corrected chi connectivity index (χ1v) is 7.71. The number of nitrogens with one attached hydrogen (secondary N) is 1. The van der Waals surface area contributed by atoms with E-state index in [-0.39, 0.29) is 5.69 Å². The highest BCUT2D eigenvalue weighted by atomic mass is 35.5. The lowest BCUT2D eigenvalue weighted by atomic mass is 10.1. The van der Waals surface area contributed by atoms with Crippen molar-refractivity contribution in [1.29, 1.82) is 0 Å². The van der Waals surface area contributed by atoms with Crippen molar-refractivity contribution < 1.29 is 13.9 Å². The summed E-state index contributed by atoms with van der Waals surface area (Å²) in [6.45, 7) is 0. The van der Waals surface area contributed by atoms with E-state index in [1.807, 2.05) is 0 Å². The van der Waals surface area contributed by atoms with Crippen molar-refractivity contribution in [3.8, 4) is 11.5 Å². The standard InChI is InChI=1S/C17H13Cl2FN2O2/c1-23-15-6-10-14(7-16(15)24-2)21-8-11(19)17(10)22-13-4-3-9(18)5-12(13)20/h3-8H,1-2H3,(H,21,22). The van der Waals surface area contributed by atoms with Crippen LogP contribution in [0.15, 0.2) is 36.5 Å². The number of benzene rings is 2. The second-order valence-corrected chi connectivity index (χ2v) is 5.80. The topological polar surface area (TPSA) is 43.4 Å². The Morgan fingerprint density at radius 2 is 1.75 bits per heavy atom. The van der Waals surface area contributed by atoms with Crippen molar-refractivity contribution in [3.63, 3.8) is 0 Å². The Labute approximate surface area is 148 Å². The molecular formula is C17H13Cl2FN2O2. The van der Waals surface area contributed by atoms with Gasteiger partial charge in [-0.05, 0) is 24.3 Å². The van der Waals surface area contributed by atoms with Gasteiger partial charge in [0.15, 0.2) is 11.5 Å². The van der Waals surface area contributed by atoms with Crippen molar-refractivity contribution in [3.05, 3.63) is 52.4 Å². The molecule has 2 aromatic carbocycles. The SMILES string of the molecule is COc1cc2ncc(Cl)c(Nc3ccc(Cl)cc3F)c2cc1OC. The fourth-order valence-electron chi connectivity index (χ4n) is 2.35. The van der Waals surface area contributed by atoms with Crippen molar-refractivity contribution in [1.82, 2.24) is 4.98 Å². The third-order valence-corrected chi connectivity index (χ3v) is 4.04. The first-order chi connectivity index (χ1) is 11.5. The van der Waals surface area contributed by atoms with E-state index in [0.717, 1.165) is 0 Å². The second kappa shape index (κ2) is 6.71. The molecule has 0 spiro atoms. The molecule has 0 saturated carbocycles. The predicted octanol–water partition coefficient (Wildman–Crippen LogP) is 5.44. The molecule has 1 heterocycles. The molecule has 3 rings (SSSR count). The normalized spacial score (nSPS) is 10.7. The van der Waals surface area contributed by atoms with Crippen LogP contribution in [0, 0.1) is 5.82 Å². The number of fused-ring (bicyclic) bond motifs is 1. The molecular weight excluding hydrogens is 354 g/mol. The number of hydrogen-bond acceptors (Lipinski definition) is 4. The van der Waals surface area contributed by atoms with E-state index >= 15 is 0 Å². The fraction of sp³-hybridized carbons (Fsp3) is 0.118. The van der Waals surface area contributed by atoms with Crippen molar-refractivity contribution in [2.45, 2.75) is 0 Å². The Bertz CT molecular complexity index is 919. The second-order valence-electron chi connectivity index (χ2n) is 4.95. The largest absolute Gasteiger partial charge is 0.493 e. The van der Waals surface area contributed by atoms with E-state index in [1.54, 1.807) is 31.4 Å². The maximum atomic E-state index is 14.1. The lowest BCUT2D eigenvalue weighted by Crippen LogP contribution is -1.98. The number of anilines is 2. The van der Waals surface area contributed by atoms with Gasteiger partial charge in [0.05, 0.1) is 36.1 Å². The van der Waals surface area contributed by atoms with Gasteiger partial charge in [-0.15, -0.1) is 0 Å². The van der Waals surface area contributed by atoms with Gasteiger partial charge in [-0.25, -0.2) is 4.39 Å². The number of ether oxygens (including phenoxy) is 2. The minimum Gasteiger partial charge on any atom is -0.493 e. The van der Waals surface area contributed by atoms with Crippen molar-refractivity contribution in [2.24, 2.45) is 0 Å². The zero-order valence-corrected chi connectivity index (χ0v) is 14.4. The van der Waals surface area contributed by atoms with Crippen molar-refractivity contribution in [2.75, 3.05) is 19.5 Å². The molecule has 3 aromatic rings. The highest BCUT2D eigenvalue weighted by Gasteiger charge is 2.14. The highest BCUT2D eigenvalue weighted by Crippen LogP contribution is 2.39. The maximum Gasteiger partial charge on any atom is 0.162 e. The van der Waals surface area contributed by atoms with Gasteiger partial charge >= 0.3 is 0 Å². The zero-order valence-electron chi connectivity index (χ0n) is 12.9. The van der Waals surface area contributed by atoms with E-state index in [9.17, 15) is 4.39 Å². The van der Waals surface area contributed by atoms with E-state index in [4.69, 9.17) is 32.7 Å². The molecule has 124 valence electrons. The third kappa shape index (κ3) is 3.05. The van der Waals surface area contributed by atoms with Crippen LogP contribution in [0.3, 0.4) is 0 Å². The van der Waals surface area contributed by atoms with E-state index in [1.165, 1.54) is 19.4 Å². The summed E-state index contributed by atoms with van der Waals surface area (Å²) in [5.74, 6) is 0.584. The third-order valence-electron chi connectivity index (χ3n) is 3.52. The van der Waals surface area contributed by atoms with Gasteiger partial charge in [0, 0.05) is 22.7 Å². The molecule has 0 unspecified atom stereocenters. The first-order valence-electron chi connectivity index (χ1n) is 6.95. The summed E-state index contributed by atoms with van der Waals surface area (Å²) in [6, 6.07) is 7.83. The summed E-state index contributed by atoms with van der Waals surface area (Å²) < 4.78 is 24.7. The van der Waals surface area contributed by atoms with E-state index in [2.05, 4.69) is 10.3 Å². The fourth-order valence-corrected chi connectivity index (χ4v) is 2.70. The van der Waals surface area contributed by atoms with Crippen LogP contribution in [0.1, 0.15) is 0 Å². The quantitative estimate of drug-likeness (QED) is 0.667. The lowest BCUT2D eigenvalue weighted by Gasteiger charge is -2.14. The summed E-state index contributed by atoms with van der Waals surface area (Å²) >= 11 is 12.0.